The first kappa shape index (κ1) is 16.5. The maximum atomic E-state index is 6.20. The minimum Gasteiger partial charge on any atom is -0.454 e. The summed E-state index contributed by atoms with van der Waals surface area (Å²) in [5, 5.41) is 7.12. The summed E-state index contributed by atoms with van der Waals surface area (Å²) in [4.78, 5) is 4.60. The topological polar surface area (TPSA) is 59.8 Å². The van der Waals surface area contributed by atoms with Gasteiger partial charge in [-0.2, -0.15) is 0 Å². The molecule has 2 heterocycles. The van der Waals surface area contributed by atoms with E-state index in [1.54, 1.807) is 0 Å². The third-order valence-electron chi connectivity index (χ3n) is 3.58. The molecule has 6 nitrogen and oxygen atoms in total. The Morgan fingerprint density at radius 1 is 1.25 bits per heavy atom. The molecule has 0 aliphatic carbocycles. The quantitative estimate of drug-likeness (QED) is 0.622. The molecular weight excluding hydrogens is 328 g/mol. The Morgan fingerprint density at radius 2 is 2.08 bits per heavy atom. The number of nitrogens with one attached hydrogen (secondary N) is 2. The van der Waals surface area contributed by atoms with Crippen LogP contribution in [0.3, 0.4) is 0 Å². The van der Waals surface area contributed by atoms with Crippen molar-refractivity contribution in [3.05, 3.63) is 47.2 Å². The summed E-state index contributed by atoms with van der Waals surface area (Å²) in [7, 11) is 0. The summed E-state index contributed by atoms with van der Waals surface area (Å²) in [5.74, 6) is 2.07. The highest BCUT2D eigenvalue weighted by Gasteiger charge is 2.18. The summed E-state index contributed by atoms with van der Waals surface area (Å²) in [6.07, 6.45) is 4.08. The molecule has 0 spiro atoms. The average molecular weight is 349 g/mol. The molecule has 0 fully saturated rings. The zero-order valence-electron chi connectivity index (χ0n) is 13.6. The molecule has 0 atom stereocenters. The van der Waals surface area contributed by atoms with Crippen LogP contribution in [0.1, 0.15) is 12.5 Å². The van der Waals surface area contributed by atoms with Crippen molar-refractivity contribution in [1.82, 2.24) is 15.2 Å². The summed E-state index contributed by atoms with van der Waals surface area (Å²) < 4.78 is 12.8. The van der Waals surface area contributed by atoms with Gasteiger partial charge < -0.3 is 24.7 Å². The lowest BCUT2D eigenvalue weighted by molar-refractivity contribution is 0.174. The monoisotopic (exact) mass is 348 g/mol. The fraction of sp³-hybridized carbons (Fsp3) is 0.353. The van der Waals surface area contributed by atoms with Gasteiger partial charge in [-0.15, -0.1) is 0 Å². The molecule has 0 bridgehead atoms. The van der Waals surface area contributed by atoms with Crippen LogP contribution >= 0.6 is 11.6 Å². The van der Waals surface area contributed by atoms with Gasteiger partial charge in [0.15, 0.2) is 17.5 Å². The molecule has 3 rings (SSSR count). The number of aliphatic imine (C=N–C) groups is 1. The summed E-state index contributed by atoms with van der Waals surface area (Å²) >= 11 is 6.20. The van der Waals surface area contributed by atoms with Crippen molar-refractivity contribution >= 4 is 17.6 Å². The first-order valence-electron chi connectivity index (χ1n) is 7.97. The molecule has 1 aromatic carbocycles. The molecule has 0 saturated heterocycles. The second-order valence-electron chi connectivity index (χ2n) is 5.35. The highest BCUT2D eigenvalue weighted by atomic mass is 35.5. The summed E-state index contributed by atoms with van der Waals surface area (Å²) in [5.41, 5.74) is 0.979. The molecule has 2 aromatic rings. The van der Waals surface area contributed by atoms with Crippen LogP contribution in [0.5, 0.6) is 11.5 Å². The van der Waals surface area contributed by atoms with Gasteiger partial charge in [-0.05, 0) is 36.8 Å². The van der Waals surface area contributed by atoms with Crippen molar-refractivity contribution in [3.63, 3.8) is 0 Å². The highest BCUT2D eigenvalue weighted by molar-refractivity contribution is 6.32. The molecule has 1 aliphatic heterocycles. The largest absolute Gasteiger partial charge is 0.454 e. The fourth-order valence-electron chi connectivity index (χ4n) is 2.45. The lowest BCUT2D eigenvalue weighted by Crippen LogP contribution is -2.38. The van der Waals surface area contributed by atoms with E-state index in [0.717, 1.165) is 31.2 Å². The summed E-state index contributed by atoms with van der Waals surface area (Å²) in [6.45, 7) is 5.24. The van der Waals surface area contributed by atoms with Crippen LogP contribution in [0.25, 0.3) is 0 Å². The maximum Gasteiger partial charge on any atom is 0.231 e. The van der Waals surface area contributed by atoms with Crippen molar-refractivity contribution in [2.75, 3.05) is 19.9 Å². The SMILES string of the molecule is CCNC(=NCc1cc(Cl)c2c(c1)OCO2)NCCn1cccc1. The average Bonchev–Trinajstić information content (AvgIpc) is 3.24. The smallest absolute Gasteiger partial charge is 0.231 e. The molecule has 1 aliphatic rings. The normalized spacial score (nSPS) is 13.2. The van der Waals surface area contributed by atoms with Crippen LogP contribution in [0.2, 0.25) is 5.02 Å². The van der Waals surface area contributed by atoms with E-state index in [1.165, 1.54) is 0 Å². The molecule has 0 unspecified atom stereocenters. The van der Waals surface area contributed by atoms with E-state index in [4.69, 9.17) is 21.1 Å². The minimum atomic E-state index is 0.214. The minimum absolute atomic E-state index is 0.214. The van der Waals surface area contributed by atoms with Gasteiger partial charge in [-0.3, -0.25) is 0 Å². The lowest BCUT2D eigenvalue weighted by atomic mass is 10.2. The molecule has 128 valence electrons. The second kappa shape index (κ2) is 7.97. The Balaban J connectivity index is 1.60. The van der Waals surface area contributed by atoms with Crippen LogP contribution in [-0.4, -0.2) is 30.4 Å². The zero-order valence-corrected chi connectivity index (χ0v) is 14.3. The van der Waals surface area contributed by atoms with Gasteiger partial charge in [0.2, 0.25) is 6.79 Å². The van der Waals surface area contributed by atoms with Crippen molar-refractivity contribution in [2.24, 2.45) is 4.99 Å². The number of hydrogen-bond donors (Lipinski definition) is 2. The molecular formula is C17H21ClN4O2. The van der Waals surface area contributed by atoms with E-state index in [2.05, 4.69) is 20.2 Å². The zero-order chi connectivity index (χ0) is 16.8. The third kappa shape index (κ3) is 4.14. The molecule has 0 saturated carbocycles. The van der Waals surface area contributed by atoms with Gasteiger partial charge in [0.05, 0.1) is 11.6 Å². The Kier molecular flexibility index (Phi) is 5.48. The van der Waals surface area contributed by atoms with Crippen LogP contribution < -0.4 is 20.1 Å². The van der Waals surface area contributed by atoms with E-state index in [9.17, 15) is 0 Å². The molecule has 0 amide bonds. The maximum absolute atomic E-state index is 6.20. The lowest BCUT2D eigenvalue weighted by Gasteiger charge is -2.12. The third-order valence-corrected chi connectivity index (χ3v) is 3.86. The second-order valence-corrected chi connectivity index (χ2v) is 5.76. The van der Waals surface area contributed by atoms with Gasteiger partial charge in [0, 0.05) is 32.0 Å². The first-order chi connectivity index (χ1) is 11.8. The molecule has 24 heavy (non-hydrogen) atoms. The van der Waals surface area contributed by atoms with Gasteiger partial charge in [-0.1, -0.05) is 11.6 Å². The van der Waals surface area contributed by atoms with E-state index in [0.29, 0.717) is 23.1 Å². The number of nitrogens with zero attached hydrogens (tertiary/aromatic N) is 2. The Morgan fingerprint density at radius 3 is 2.88 bits per heavy atom. The summed E-state index contributed by atoms with van der Waals surface area (Å²) in [6, 6.07) is 7.81. The van der Waals surface area contributed by atoms with Gasteiger partial charge >= 0.3 is 0 Å². The van der Waals surface area contributed by atoms with Crippen molar-refractivity contribution in [2.45, 2.75) is 20.0 Å². The number of guanidine groups is 1. The molecule has 1 aromatic heterocycles. The molecule has 0 radical (unpaired) electrons. The van der Waals surface area contributed by atoms with Crippen molar-refractivity contribution in [3.8, 4) is 11.5 Å². The Bertz CT molecular complexity index is 701. The first-order valence-corrected chi connectivity index (χ1v) is 8.35. The predicted octanol–water partition coefficient (Wildman–Crippen LogP) is 2.63. The van der Waals surface area contributed by atoms with Gasteiger partial charge in [0.25, 0.3) is 0 Å². The van der Waals surface area contributed by atoms with Crippen molar-refractivity contribution in [1.29, 1.82) is 0 Å². The van der Waals surface area contributed by atoms with Crippen LogP contribution in [0, 0.1) is 0 Å². The van der Waals surface area contributed by atoms with E-state index >= 15 is 0 Å². The number of fused-ring (bicyclic) bond motifs is 1. The van der Waals surface area contributed by atoms with E-state index < -0.39 is 0 Å². The number of benzene rings is 1. The Labute approximate surface area is 146 Å². The van der Waals surface area contributed by atoms with Gasteiger partial charge in [0.1, 0.15) is 0 Å². The number of rotatable bonds is 6. The molecule has 2 N–H and O–H groups in total. The number of halogens is 1. The van der Waals surface area contributed by atoms with Gasteiger partial charge in [-0.25, -0.2) is 4.99 Å². The number of ether oxygens (including phenoxy) is 2. The van der Waals surface area contributed by atoms with Crippen molar-refractivity contribution < 1.29 is 9.47 Å². The van der Waals surface area contributed by atoms with E-state index in [1.807, 2.05) is 43.6 Å². The van der Waals surface area contributed by atoms with Crippen LogP contribution in [-0.2, 0) is 13.1 Å². The molecule has 7 heteroatoms. The predicted molar refractivity (Wildman–Crippen MR) is 94.8 cm³/mol. The standard InChI is InChI=1S/C17H21ClN4O2/c1-2-19-17(20-5-8-22-6-3-4-7-22)21-11-13-9-14(18)16-15(10-13)23-12-24-16/h3-4,6-7,9-10H,2,5,8,11-12H2,1H3,(H2,19,20,21). The fourth-order valence-corrected chi connectivity index (χ4v) is 2.73. The van der Waals surface area contributed by atoms with E-state index in [-0.39, 0.29) is 6.79 Å². The number of aromatic nitrogens is 1. The Hall–Kier alpha value is -2.34. The van der Waals surface area contributed by atoms with Crippen LogP contribution in [0.15, 0.2) is 41.7 Å². The van der Waals surface area contributed by atoms with Crippen LogP contribution in [0.4, 0.5) is 0 Å². The number of hydrogen-bond acceptors (Lipinski definition) is 3. The highest BCUT2D eigenvalue weighted by Crippen LogP contribution is 2.39.